The average Bonchev–Trinajstić information content (AvgIpc) is 3.47. The van der Waals surface area contributed by atoms with Gasteiger partial charge in [0, 0.05) is 36.6 Å². The number of likely N-dealkylation sites (tertiary alicyclic amines) is 1. The van der Waals surface area contributed by atoms with Crippen molar-refractivity contribution in [1.82, 2.24) is 4.90 Å². The van der Waals surface area contributed by atoms with E-state index in [1.807, 2.05) is 25.1 Å². The van der Waals surface area contributed by atoms with Crippen LogP contribution in [0.4, 0.5) is 5.69 Å². The summed E-state index contributed by atoms with van der Waals surface area (Å²) in [6, 6.07) is 16.7. The zero-order chi connectivity index (χ0) is 22.1. The third-order valence-electron chi connectivity index (χ3n) is 6.09. The van der Waals surface area contributed by atoms with Crippen molar-refractivity contribution < 1.29 is 17.9 Å². The van der Waals surface area contributed by atoms with Gasteiger partial charge in [0.25, 0.3) is 10.0 Å². The Hall–Kier alpha value is -2.55. The summed E-state index contributed by atoms with van der Waals surface area (Å²) >= 11 is 1.76. The van der Waals surface area contributed by atoms with Crippen molar-refractivity contribution in [2.45, 2.75) is 37.2 Å². The number of piperidine rings is 1. The Morgan fingerprint density at radius 1 is 1.03 bits per heavy atom. The molecule has 0 bridgehead atoms. The van der Waals surface area contributed by atoms with Gasteiger partial charge in [-0.3, -0.25) is 9.21 Å². The van der Waals surface area contributed by atoms with Crippen LogP contribution in [0.2, 0.25) is 0 Å². The van der Waals surface area contributed by atoms with Crippen LogP contribution in [-0.2, 0) is 16.6 Å². The third-order valence-corrected chi connectivity index (χ3v) is 8.99. The highest BCUT2D eigenvalue weighted by Gasteiger charge is 2.35. The monoisotopic (exact) mass is 470 g/mol. The zero-order valence-corrected chi connectivity index (χ0v) is 19.6. The van der Waals surface area contributed by atoms with E-state index >= 15 is 0 Å². The van der Waals surface area contributed by atoms with E-state index in [1.54, 1.807) is 39.9 Å². The fourth-order valence-corrected chi connectivity index (χ4v) is 7.13. The van der Waals surface area contributed by atoms with E-state index in [0.717, 1.165) is 38.0 Å². The number of aryl methyl sites for hydroxylation is 1. The smallest absolute Gasteiger partial charge is 0.264 e. The number of rotatable bonds is 6. The Morgan fingerprint density at radius 2 is 1.81 bits per heavy atom. The lowest BCUT2D eigenvalue weighted by molar-refractivity contribution is 0.174. The van der Waals surface area contributed by atoms with E-state index in [9.17, 15) is 8.42 Å². The Morgan fingerprint density at radius 3 is 2.56 bits per heavy atom. The molecule has 1 fully saturated rings. The Kier molecular flexibility index (Phi) is 5.84. The molecular weight excluding hydrogens is 444 g/mol. The molecule has 0 spiro atoms. The molecule has 0 amide bonds. The van der Waals surface area contributed by atoms with Gasteiger partial charge in [0.2, 0.25) is 6.79 Å². The summed E-state index contributed by atoms with van der Waals surface area (Å²) in [5.41, 5.74) is 1.36. The maximum absolute atomic E-state index is 13.9. The molecular formula is C24H26N2O4S2. The first-order chi connectivity index (χ1) is 15.5. The molecule has 1 aromatic heterocycles. The van der Waals surface area contributed by atoms with E-state index < -0.39 is 10.0 Å². The lowest BCUT2D eigenvalue weighted by atomic mass is 10.0. The van der Waals surface area contributed by atoms with Crippen LogP contribution in [0.5, 0.6) is 11.5 Å². The van der Waals surface area contributed by atoms with Gasteiger partial charge < -0.3 is 9.47 Å². The molecule has 2 aliphatic heterocycles. The molecule has 0 N–H and O–H groups in total. The highest BCUT2D eigenvalue weighted by atomic mass is 32.2. The Labute approximate surface area is 193 Å². The molecule has 0 atom stereocenters. The number of benzene rings is 2. The average molecular weight is 471 g/mol. The van der Waals surface area contributed by atoms with Gasteiger partial charge in [0.15, 0.2) is 11.5 Å². The first-order valence-corrected chi connectivity index (χ1v) is 13.1. The molecule has 0 aliphatic carbocycles. The van der Waals surface area contributed by atoms with E-state index in [4.69, 9.17) is 9.47 Å². The minimum Gasteiger partial charge on any atom is -0.454 e. The molecule has 0 saturated carbocycles. The van der Waals surface area contributed by atoms with E-state index in [1.165, 1.54) is 4.88 Å². The number of nitrogens with zero attached hydrogens (tertiary/aromatic N) is 2. The van der Waals surface area contributed by atoms with Gasteiger partial charge in [-0.25, -0.2) is 8.42 Å². The molecule has 3 heterocycles. The van der Waals surface area contributed by atoms with Crippen molar-refractivity contribution in [1.29, 1.82) is 0 Å². The van der Waals surface area contributed by atoms with Crippen molar-refractivity contribution in [2.75, 3.05) is 24.2 Å². The van der Waals surface area contributed by atoms with E-state index in [2.05, 4.69) is 22.4 Å². The minimum absolute atomic E-state index is 0.125. The fraction of sp³-hybridized carbons (Fsp3) is 0.333. The summed E-state index contributed by atoms with van der Waals surface area (Å²) in [6.45, 7) is 4.62. The summed E-state index contributed by atoms with van der Waals surface area (Å²) in [5.74, 6) is 1.23. The van der Waals surface area contributed by atoms with Crippen LogP contribution in [0, 0.1) is 6.92 Å². The largest absolute Gasteiger partial charge is 0.454 e. The van der Waals surface area contributed by atoms with E-state index in [0.29, 0.717) is 22.1 Å². The second-order valence-corrected chi connectivity index (χ2v) is 11.0. The molecule has 2 aromatic carbocycles. The van der Waals surface area contributed by atoms with Gasteiger partial charge in [0.1, 0.15) is 0 Å². The normalized spacial score (nSPS) is 16.9. The van der Waals surface area contributed by atoms with Crippen LogP contribution in [-0.4, -0.2) is 39.2 Å². The number of anilines is 1. The van der Waals surface area contributed by atoms with Gasteiger partial charge in [-0.15, -0.1) is 11.3 Å². The van der Waals surface area contributed by atoms with Crippen LogP contribution in [0.25, 0.3) is 0 Å². The summed E-state index contributed by atoms with van der Waals surface area (Å²) in [5, 5.41) is 2.10. The van der Waals surface area contributed by atoms with Crippen LogP contribution in [0.3, 0.4) is 0 Å². The molecule has 0 radical (unpaired) electrons. The van der Waals surface area contributed by atoms with Gasteiger partial charge in [-0.2, -0.15) is 0 Å². The zero-order valence-electron chi connectivity index (χ0n) is 17.9. The number of thiophene rings is 1. The summed E-state index contributed by atoms with van der Waals surface area (Å²) < 4.78 is 40.5. The summed E-state index contributed by atoms with van der Waals surface area (Å²) in [4.78, 5) is 4.09. The lowest BCUT2D eigenvalue weighted by Gasteiger charge is -2.39. The topological polar surface area (TPSA) is 59.1 Å². The van der Waals surface area contributed by atoms with Crippen molar-refractivity contribution in [3.8, 4) is 11.5 Å². The van der Waals surface area contributed by atoms with Crippen LogP contribution >= 0.6 is 11.3 Å². The number of hydrogen-bond acceptors (Lipinski definition) is 6. The number of hydrogen-bond donors (Lipinski definition) is 0. The van der Waals surface area contributed by atoms with Gasteiger partial charge in [0.05, 0.1) is 10.6 Å². The second-order valence-electron chi connectivity index (χ2n) is 8.19. The van der Waals surface area contributed by atoms with Crippen molar-refractivity contribution in [3.63, 3.8) is 0 Å². The Bertz CT molecular complexity index is 1190. The van der Waals surface area contributed by atoms with Gasteiger partial charge in [-0.05, 0) is 55.0 Å². The molecule has 168 valence electrons. The molecule has 0 unspecified atom stereocenters. The maximum Gasteiger partial charge on any atom is 0.264 e. The minimum atomic E-state index is -3.75. The lowest BCUT2D eigenvalue weighted by Crippen LogP contribution is -2.47. The third kappa shape index (κ3) is 4.10. The molecule has 2 aliphatic rings. The number of ether oxygens (including phenoxy) is 2. The van der Waals surface area contributed by atoms with E-state index in [-0.39, 0.29) is 12.8 Å². The first-order valence-electron chi connectivity index (χ1n) is 10.8. The first kappa shape index (κ1) is 21.3. The molecule has 6 nitrogen and oxygen atoms in total. The highest BCUT2D eigenvalue weighted by molar-refractivity contribution is 7.93. The highest BCUT2D eigenvalue weighted by Crippen LogP contribution is 2.39. The second kappa shape index (κ2) is 8.77. The molecule has 32 heavy (non-hydrogen) atoms. The quantitative estimate of drug-likeness (QED) is 0.525. The standard InChI is InChI=1S/C24H26N2O4S2/c1-18-5-2-3-7-24(18)32(27,28)26(20-8-9-22-23(15-20)30-17-29-22)19-10-12-25(13-11-19)16-21-6-4-14-31-21/h2-9,14-15,19H,10-13,16-17H2,1H3. The molecule has 8 heteroatoms. The van der Waals surface area contributed by atoms with Crippen molar-refractivity contribution >= 4 is 27.0 Å². The fourth-order valence-electron chi connectivity index (χ4n) is 4.45. The predicted octanol–water partition coefficient (Wildman–Crippen LogP) is 4.65. The van der Waals surface area contributed by atoms with Crippen LogP contribution in [0.15, 0.2) is 64.9 Å². The molecule has 5 rings (SSSR count). The van der Waals surface area contributed by atoms with Crippen molar-refractivity contribution in [2.24, 2.45) is 0 Å². The predicted molar refractivity (Wildman–Crippen MR) is 126 cm³/mol. The molecule has 3 aromatic rings. The van der Waals surface area contributed by atoms with Crippen LogP contribution < -0.4 is 13.8 Å². The number of fused-ring (bicyclic) bond motifs is 1. The summed E-state index contributed by atoms with van der Waals surface area (Å²) in [6.07, 6.45) is 1.54. The number of sulfonamides is 1. The summed E-state index contributed by atoms with van der Waals surface area (Å²) in [7, 11) is -3.75. The molecule has 1 saturated heterocycles. The van der Waals surface area contributed by atoms with Gasteiger partial charge in [-0.1, -0.05) is 24.3 Å². The van der Waals surface area contributed by atoms with Crippen molar-refractivity contribution in [3.05, 3.63) is 70.4 Å². The van der Waals surface area contributed by atoms with Crippen LogP contribution in [0.1, 0.15) is 23.3 Å². The van der Waals surface area contributed by atoms with Gasteiger partial charge >= 0.3 is 0 Å². The Balaban J connectivity index is 1.46. The maximum atomic E-state index is 13.9. The SMILES string of the molecule is Cc1ccccc1S(=O)(=O)N(c1ccc2c(c1)OCO2)C1CCN(Cc2cccs2)CC1.